The summed E-state index contributed by atoms with van der Waals surface area (Å²) in [5, 5.41) is 9.51. The number of nitrogens with zero attached hydrogens (tertiary/aromatic N) is 2. The summed E-state index contributed by atoms with van der Waals surface area (Å²) in [6.45, 7) is 2.22. The molecule has 0 amide bonds. The van der Waals surface area contributed by atoms with Crippen molar-refractivity contribution >= 4 is 5.97 Å². The number of alkyl halides is 3. The first kappa shape index (κ1) is 30.2. The number of allylic oxidation sites excluding steroid dienone is 2. The Hall–Kier alpha value is -1.83. The molecule has 1 aromatic rings. The van der Waals surface area contributed by atoms with Crippen LogP contribution in [0.3, 0.4) is 0 Å². The second kappa shape index (κ2) is 17.6. The molecule has 0 bridgehead atoms. The van der Waals surface area contributed by atoms with Gasteiger partial charge in [0.05, 0.1) is 6.33 Å². The molecule has 0 aliphatic heterocycles. The van der Waals surface area contributed by atoms with E-state index < -0.39 is 24.2 Å². The molecule has 1 heterocycles. The lowest BCUT2D eigenvalue weighted by Gasteiger charge is -2.34. The molecule has 34 heavy (non-hydrogen) atoms. The van der Waals surface area contributed by atoms with Gasteiger partial charge in [-0.2, -0.15) is 13.2 Å². The summed E-state index contributed by atoms with van der Waals surface area (Å²) in [7, 11) is 1.26. The summed E-state index contributed by atoms with van der Waals surface area (Å²) < 4.78 is 41.1. The first-order valence-corrected chi connectivity index (χ1v) is 12.9. The van der Waals surface area contributed by atoms with Crippen molar-refractivity contribution in [3.8, 4) is 0 Å². The van der Waals surface area contributed by atoms with Crippen molar-refractivity contribution in [3.05, 3.63) is 30.4 Å². The molecular formula is C26H44F3N3O2. The SMILES string of the molecule is CCCCCC/C=C\CCCCCCCCCC(N(C)C(Cc1cnc[nH]1)C(=O)O)C(F)(F)F. The number of nitrogens with one attached hydrogen (secondary N) is 1. The number of aromatic nitrogens is 2. The van der Waals surface area contributed by atoms with Gasteiger partial charge in [-0.1, -0.05) is 76.9 Å². The molecule has 2 N–H and O–H groups in total. The third-order valence-corrected chi connectivity index (χ3v) is 6.35. The lowest BCUT2D eigenvalue weighted by atomic mass is 10.0. The summed E-state index contributed by atoms with van der Waals surface area (Å²) in [6.07, 6.45) is 16.8. The Morgan fingerprint density at radius 2 is 1.59 bits per heavy atom. The van der Waals surface area contributed by atoms with Gasteiger partial charge >= 0.3 is 12.1 Å². The average Bonchev–Trinajstić information content (AvgIpc) is 3.29. The molecule has 5 nitrogen and oxygen atoms in total. The van der Waals surface area contributed by atoms with Crippen LogP contribution in [0.25, 0.3) is 0 Å². The van der Waals surface area contributed by atoms with Crippen LogP contribution in [0.5, 0.6) is 0 Å². The monoisotopic (exact) mass is 487 g/mol. The smallest absolute Gasteiger partial charge is 0.404 e. The Bertz CT molecular complexity index is 663. The fraction of sp³-hybridized carbons (Fsp3) is 0.769. The van der Waals surface area contributed by atoms with Gasteiger partial charge in [0.1, 0.15) is 12.1 Å². The zero-order chi connectivity index (χ0) is 25.2. The summed E-state index contributed by atoms with van der Waals surface area (Å²) in [5.74, 6) is -1.27. The summed E-state index contributed by atoms with van der Waals surface area (Å²) in [5.41, 5.74) is 0.502. The molecule has 8 heteroatoms. The van der Waals surface area contributed by atoms with Crippen molar-refractivity contribution in [2.75, 3.05) is 7.05 Å². The second-order valence-electron chi connectivity index (χ2n) is 9.23. The molecule has 1 rings (SSSR count). The maximum atomic E-state index is 13.7. The van der Waals surface area contributed by atoms with Crippen LogP contribution >= 0.6 is 0 Å². The van der Waals surface area contributed by atoms with Crippen molar-refractivity contribution in [3.63, 3.8) is 0 Å². The molecule has 0 fully saturated rings. The number of unbranched alkanes of at least 4 members (excludes halogenated alkanes) is 11. The second-order valence-corrected chi connectivity index (χ2v) is 9.23. The molecule has 2 atom stereocenters. The van der Waals surface area contributed by atoms with Crippen LogP contribution in [0.2, 0.25) is 0 Å². The van der Waals surface area contributed by atoms with Gasteiger partial charge < -0.3 is 10.1 Å². The molecule has 2 unspecified atom stereocenters. The van der Waals surface area contributed by atoms with Gasteiger partial charge in [-0.15, -0.1) is 0 Å². The third kappa shape index (κ3) is 13.2. The Labute approximate surface area is 203 Å². The maximum Gasteiger partial charge on any atom is 0.404 e. The largest absolute Gasteiger partial charge is 0.480 e. The van der Waals surface area contributed by atoms with E-state index in [1.54, 1.807) is 0 Å². The Balaban J connectivity index is 2.25. The van der Waals surface area contributed by atoms with Crippen LogP contribution in [0.1, 0.15) is 103 Å². The molecule has 0 radical (unpaired) electrons. The van der Waals surface area contributed by atoms with Crippen molar-refractivity contribution < 1.29 is 23.1 Å². The maximum absolute atomic E-state index is 13.7. The number of carboxylic acid groups (broad SMARTS) is 1. The van der Waals surface area contributed by atoms with Crippen LogP contribution in [0.4, 0.5) is 13.2 Å². The van der Waals surface area contributed by atoms with Crippen molar-refractivity contribution in [2.24, 2.45) is 0 Å². The number of rotatable bonds is 20. The highest BCUT2D eigenvalue weighted by molar-refractivity contribution is 5.73. The highest BCUT2D eigenvalue weighted by Crippen LogP contribution is 2.30. The number of halogens is 3. The minimum absolute atomic E-state index is 0.0491. The summed E-state index contributed by atoms with van der Waals surface area (Å²) >= 11 is 0. The van der Waals surface area contributed by atoms with E-state index in [-0.39, 0.29) is 12.8 Å². The lowest BCUT2D eigenvalue weighted by molar-refractivity contribution is -0.191. The number of carboxylic acids is 1. The van der Waals surface area contributed by atoms with Gasteiger partial charge in [-0.3, -0.25) is 9.69 Å². The fourth-order valence-corrected chi connectivity index (χ4v) is 4.23. The molecule has 0 aliphatic carbocycles. The van der Waals surface area contributed by atoms with E-state index in [1.165, 1.54) is 58.1 Å². The van der Waals surface area contributed by atoms with E-state index in [0.717, 1.165) is 43.4 Å². The van der Waals surface area contributed by atoms with Gasteiger partial charge in [0.15, 0.2) is 0 Å². The lowest BCUT2D eigenvalue weighted by Crippen LogP contribution is -2.52. The molecule has 196 valence electrons. The van der Waals surface area contributed by atoms with Crippen LogP contribution < -0.4 is 0 Å². The molecule has 0 saturated carbocycles. The Kier molecular flexibility index (Phi) is 15.6. The Morgan fingerprint density at radius 3 is 2.09 bits per heavy atom. The van der Waals surface area contributed by atoms with Crippen molar-refractivity contribution in [1.82, 2.24) is 14.9 Å². The first-order valence-electron chi connectivity index (χ1n) is 12.9. The minimum Gasteiger partial charge on any atom is -0.480 e. The topological polar surface area (TPSA) is 69.2 Å². The van der Waals surface area contributed by atoms with Gasteiger partial charge in [-0.25, -0.2) is 4.98 Å². The Morgan fingerprint density at radius 1 is 1.03 bits per heavy atom. The van der Waals surface area contributed by atoms with Crippen molar-refractivity contribution in [1.29, 1.82) is 0 Å². The normalized spacial score (nSPS) is 14.2. The zero-order valence-electron chi connectivity index (χ0n) is 21.0. The highest BCUT2D eigenvalue weighted by atomic mass is 19.4. The fourth-order valence-electron chi connectivity index (χ4n) is 4.23. The number of H-pyrrole nitrogens is 1. The van der Waals surface area contributed by atoms with E-state index in [0.29, 0.717) is 12.1 Å². The van der Waals surface area contributed by atoms with E-state index in [9.17, 15) is 23.1 Å². The first-order chi connectivity index (χ1) is 16.3. The number of aliphatic carboxylic acids is 1. The van der Waals surface area contributed by atoms with Gasteiger partial charge in [0.2, 0.25) is 0 Å². The molecule has 1 aromatic heterocycles. The van der Waals surface area contributed by atoms with Crippen molar-refractivity contribution in [2.45, 2.75) is 121 Å². The highest BCUT2D eigenvalue weighted by Gasteiger charge is 2.45. The third-order valence-electron chi connectivity index (χ3n) is 6.35. The number of likely N-dealkylation sites (N-methyl/N-ethyl adjacent to an activating group) is 1. The summed E-state index contributed by atoms with van der Waals surface area (Å²) in [6, 6.07) is -3.04. The van der Waals surface area contributed by atoms with Crippen LogP contribution in [0, 0.1) is 0 Å². The number of hydrogen-bond acceptors (Lipinski definition) is 3. The quantitative estimate of drug-likeness (QED) is 0.149. The van der Waals surface area contributed by atoms with Gasteiger partial charge in [0.25, 0.3) is 0 Å². The molecule has 0 aromatic carbocycles. The van der Waals surface area contributed by atoms with E-state index in [2.05, 4.69) is 29.0 Å². The molecule has 0 spiro atoms. The van der Waals surface area contributed by atoms with Crippen LogP contribution in [0.15, 0.2) is 24.7 Å². The van der Waals surface area contributed by atoms with E-state index in [1.807, 2.05) is 0 Å². The number of aromatic amines is 1. The van der Waals surface area contributed by atoms with Crippen LogP contribution in [-0.2, 0) is 11.2 Å². The molecule has 0 saturated heterocycles. The average molecular weight is 488 g/mol. The molecular weight excluding hydrogens is 443 g/mol. The predicted octanol–water partition coefficient (Wildman–Crippen LogP) is 7.31. The van der Waals surface area contributed by atoms with Gasteiger partial charge in [0, 0.05) is 18.3 Å². The number of hydrogen-bond donors (Lipinski definition) is 2. The van der Waals surface area contributed by atoms with Crippen LogP contribution in [-0.4, -0.2) is 51.3 Å². The molecule has 0 aliphatic rings. The standard InChI is InChI=1S/C26H44F3N3O2/c1-3-4-5-6-7-8-9-10-11-12-13-14-15-16-17-18-24(26(27,28)29)32(2)23(25(33)34)19-22-20-30-21-31-22/h8-9,20-21,23-24H,3-7,10-19H2,1-2H3,(H,30,31)(H,33,34)/b9-8-. The minimum atomic E-state index is -4.47. The zero-order valence-corrected chi connectivity index (χ0v) is 21.0. The summed E-state index contributed by atoms with van der Waals surface area (Å²) in [4.78, 5) is 19.2. The van der Waals surface area contributed by atoms with E-state index in [4.69, 9.17) is 0 Å². The number of carbonyl (C=O) groups is 1. The number of imidazole rings is 1. The van der Waals surface area contributed by atoms with E-state index >= 15 is 0 Å². The predicted molar refractivity (Wildman–Crippen MR) is 131 cm³/mol. The van der Waals surface area contributed by atoms with Gasteiger partial charge in [-0.05, 0) is 39.2 Å².